The van der Waals surface area contributed by atoms with Crippen molar-refractivity contribution in [1.82, 2.24) is 5.32 Å². The highest BCUT2D eigenvalue weighted by Crippen LogP contribution is 2.24. The van der Waals surface area contributed by atoms with E-state index in [0.717, 1.165) is 32.1 Å². The van der Waals surface area contributed by atoms with Gasteiger partial charge in [-0.2, -0.15) is 0 Å². The molecule has 3 rings (SSSR count). The van der Waals surface area contributed by atoms with Crippen LogP contribution in [0.15, 0.2) is 18.2 Å². The standard InChI is InChI=1S/C23H31NO4/c1-16(23(27)24-15-17-6-3-2-4-7-17)28-22(26)13-12-21(25)20-11-10-18-8-5-9-19(18)14-20/h10-11,14,16-17H,2-9,12-13,15H2,1H3,(H,24,27). The first-order valence-corrected chi connectivity index (χ1v) is 10.6. The van der Waals surface area contributed by atoms with Crippen molar-refractivity contribution in [3.05, 3.63) is 34.9 Å². The summed E-state index contributed by atoms with van der Waals surface area (Å²) in [6.07, 6.45) is 8.55. The summed E-state index contributed by atoms with van der Waals surface area (Å²) < 4.78 is 5.21. The number of esters is 1. The Morgan fingerprint density at radius 2 is 1.79 bits per heavy atom. The zero-order valence-electron chi connectivity index (χ0n) is 16.8. The van der Waals surface area contributed by atoms with Crippen LogP contribution in [0.4, 0.5) is 0 Å². The molecule has 1 saturated carbocycles. The van der Waals surface area contributed by atoms with Crippen molar-refractivity contribution in [2.75, 3.05) is 6.54 Å². The van der Waals surface area contributed by atoms with Crippen LogP contribution < -0.4 is 5.32 Å². The largest absolute Gasteiger partial charge is 0.453 e. The summed E-state index contributed by atoms with van der Waals surface area (Å²) in [5.41, 5.74) is 3.23. The summed E-state index contributed by atoms with van der Waals surface area (Å²) >= 11 is 0. The molecular formula is C23H31NO4. The predicted molar refractivity (Wildman–Crippen MR) is 107 cm³/mol. The first kappa shape index (κ1) is 20.6. The van der Waals surface area contributed by atoms with Crippen LogP contribution in [0.1, 0.15) is 79.8 Å². The Kier molecular flexibility index (Phi) is 7.24. The molecule has 28 heavy (non-hydrogen) atoms. The van der Waals surface area contributed by atoms with Gasteiger partial charge in [-0.15, -0.1) is 0 Å². The summed E-state index contributed by atoms with van der Waals surface area (Å²) in [6, 6.07) is 5.82. The van der Waals surface area contributed by atoms with Crippen molar-refractivity contribution in [2.45, 2.75) is 77.2 Å². The Morgan fingerprint density at radius 1 is 1.04 bits per heavy atom. The molecule has 0 heterocycles. The first-order chi connectivity index (χ1) is 13.5. The van der Waals surface area contributed by atoms with Gasteiger partial charge in [-0.25, -0.2) is 0 Å². The molecule has 0 spiro atoms. The van der Waals surface area contributed by atoms with Gasteiger partial charge in [-0.1, -0.05) is 31.4 Å². The Hall–Kier alpha value is -2.17. The summed E-state index contributed by atoms with van der Waals surface area (Å²) in [4.78, 5) is 36.5. The van der Waals surface area contributed by atoms with E-state index in [-0.39, 0.29) is 24.5 Å². The lowest BCUT2D eigenvalue weighted by Gasteiger charge is -2.22. The third-order valence-electron chi connectivity index (χ3n) is 5.94. The van der Waals surface area contributed by atoms with Gasteiger partial charge in [-0.05, 0) is 62.1 Å². The van der Waals surface area contributed by atoms with E-state index in [1.54, 1.807) is 6.92 Å². The number of ketones is 1. The minimum absolute atomic E-state index is 0.00381. The van der Waals surface area contributed by atoms with Gasteiger partial charge in [0, 0.05) is 18.5 Å². The molecule has 0 radical (unpaired) electrons. The van der Waals surface area contributed by atoms with Crippen LogP contribution in [0, 0.1) is 5.92 Å². The van der Waals surface area contributed by atoms with E-state index in [1.165, 1.54) is 30.4 Å². The first-order valence-electron chi connectivity index (χ1n) is 10.6. The Morgan fingerprint density at radius 3 is 2.57 bits per heavy atom. The lowest BCUT2D eigenvalue weighted by molar-refractivity contribution is -0.154. The zero-order valence-corrected chi connectivity index (χ0v) is 16.8. The molecule has 1 amide bonds. The molecule has 0 aliphatic heterocycles. The van der Waals surface area contributed by atoms with E-state index in [2.05, 4.69) is 5.32 Å². The van der Waals surface area contributed by atoms with Crippen LogP contribution in [-0.4, -0.2) is 30.3 Å². The number of hydrogen-bond donors (Lipinski definition) is 1. The third kappa shape index (κ3) is 5.66. The van der Waals surface area contributed by atoms with E-state index in [4.69, 9.17) is 4.74 Å². The van der Waals surface area contributed by atoms with Crippen molar-refractivity contribution in [1.29, 1.82) is 0 Å². The van der Waals surface area contributed by atoms with Crippen molar-refractivity contribution >= 4 is 17.7 Å². The Balaban J connectivity index is 1.38. The summed E-state index contributed by atoms with van der Waals surface area (Å²) in [6.45, 7) is 2.23. The Labute approximate surface area is 167 Å². The third-order valence-corrected chi connectivity index (χ3v) is 5.94. The monoisotopic (exact) mass is 385 g/mol. The quantitative estimate of drug-likeness (QED) is 0.546. The van der Waals surface area contributed by atoms with E-state index in [1.807, 2.05) is 18.2 Å². The van der Waals surface area contributed by atoms with E-state index >= 15 is 0 Å². The fourth-order valence-corrected chi connectivity index (χ4v) is 4.19. The van der Waals surface area contributed by atoms with E-state index in [9.17, 15) is 14.4 Å². The van der Waals surface area contributed by atoms with Crippen LogP contribution in [0.2, 0.25) is 0 Å². The lowest BCUT2D eigenvalue weighted by atomic mass is 9.89. The number of hydrogen-bond acceptors (Lipinski definition) is 4. The van der Waals surface area contributed by atoms with E-state index in [0.29, 0.717) is 18.0 Å². The maximum Gasteiger partial charge on any atom is 0.307 e. The molecule has 1 unspecified atom stereocenters. The second-order valence-electron chi connectivity index (χ2n) is 8.14. The normalized spacial score (nSPS) is 17.6. The topological polar surface area (TPSA) is 72.5 Å². The number of nitrogens with one attached hydrogen (secondary N) is 1. The molecule has 1 aromatic carbocycles. The fourth-order valence-electron chi connectivity index (χ4n) is 4.19. The summed E-state index contributed by atoms with van der Waals surface area (Å²) in [5.74, 6) is -0.287. The van der Waals surface area contributed by atoms with Crippen LogP contribution in [0.25, 0.3) is 0 Å². The zero-order chi connectivity index (χ0) is 19.9. The molecule has 1 fully saturated rings. The Bertz CT molecular complexity index is 721. The molecule has 0 saturated heterocycles. The van der Waals surface area contributed by atoms with Crippen LogP contribution in [-0.2, 0) is 27.2 Å². The maximum atomic E-state index is 12.4. The van der Waals surface area contributed by atoms with Crippen LogP contribution in [0.3, 0.4) is 0 Å². The van der Waals surface area contributed by atoms with Gasteiger partial charge in [0.2, 0.25) is 0 Å². The average molecular weight is 386 g/mol. The van der Waals surface area contributed by atoms with E-state index < -0.39 is 12.1 Å². The minimum atomic E-state index is -0.828. The second-order valence-corrected chi connectivity index (χ2v) is 8.14. The number of carbonyl (C=O) groups excluding carboxylic acids is 3. The van der Waals surface area contributed by atoms with Crippen molar-refractivity contribution < 1.29 is 19.1 Å². The average Bonchev–Trinajstić information content (AvgIpc) is 3.18. The van der Waals surface area contributed by atoms with Crippen LogP contribution in [0.5, 0.6) is 0 Å². The van der Waals surface area contributed by atoms with Gasteiger partial charge in [0.1, 0.15) is 0 Å². The smallest absolute Gasteiger partial charge is 0.307 e. The molecule has 5 nitrogen and oxygen atoms in total. The van der Waals surface area contributed by atoms with Gasteiger partial charge >= 0.3 is 5.97 Å². The highest BCUT2D eigenvalue weighted by molar-refractivity contribution is 5.98. The highest BCUT2D eigenvalue weighted by Gasteiger charge is 2.21. The van der Waals surface area contributed by atoms with Gasteiger partial charge in [0.05, 0.1) is 6.42 Å². The number of ether oxygens (including phenoxy) is 1. The SMILES string of the molecule is CC(OC(=O)CCC(=O)c1ccc2c(c1)CCC2)C(=O)NCC1CCCCC1. The molecular weight excluding hydrogens is 354 g/mol. The number of amides is 1. The predicted octanol–water partition coefficient (Wildman–Crippen LogP) is 3.77. The fraction of sp³-hybridized carbons (Fsp3) is 0.609. The molecule has 0 aromatic heterocycles. The van der Waals surface area contributed by atoms with Gasteiger partial charge in [-0.3, -0.25) is 14.4 Å². The highest BCUT2D eigenvalue weighted by atomic mass is 16.5. The number of benzene rings is 1. The van der Waals surface area contributed by atoms with Crippen molar-refractivity contribution in [2.24, 2.45) is 5.92 Å². The number of aryl methyl sites for hydroxylation is 2. The number of carbonyl (C=O) groups is 3. The molecule has 152 valence electrons. The second kappa shape index (κ2) is 9.85. The maximum absolute atomic E-state index is 12.4. The molecule has 5 heteroatoms. The molecule has 1 aromatic rings. The number of Topliss-reactive ketones (excluding diaryl/α,β-unsaturated/α-hetero) is 1. The summed E-state index contributed by atoms with van der Waals surface area (Å²) in [7, 11) is 0. The molecule has 1 atom stereocenters. The number of rotatable bonds is 8. The minimum Gasteiger partial charge on any atom is -0.453 e. The van der Waals surface area contributed by atoms with Gasteiger partial charge in [0.25, 0.3) is 5.91 Å². The van der Waals surface area contributed by atoms with Gasteiger partial charge in [0.15, 0.2) is 11.9 Å². The van der Waals surface area contributed by atoms with Crippen molar-refractivity contribution in [3.8, 4) is 0 Å². The molecule has 0 bridgehead atoms. The van der Waals surface area contributed by atoms with Gasteiger partial charge < -0.3 is 10.1 Å². The lowest BCUT2D eigenvalue weighted by Crippen LogP contribution is -2.38. The van der Waals surface area contributed by atoms with Crippen molar-refractivity contribution in [3.63, 3.8) is 0 Å². The number of fused-ring (bicyclic) bond motifs is 1. The summed E-state index contributed by atoms with van der Waals surface area (Å²) in [5, 5.41) is 2.89. The molecule has 1 N–H and O–H groups in total. The molecule has 2 aliphatic carbocycles. The van der Waals surface area contributed by atoms with Crippen LogP contribution >= 0.6 is 0 Å². The molecule has 2 aliphatic rings.